The topological polar surface area (TPSA) is 60.4 Å². The summed E-state index contributed by atoms with van der Waals surface area (Å²) >= 11 is 6.72. The van der Waals surface area contributed by atoms with Crippen molar-refractivity contribution in [1.29, 1.82) is 0 Å². The third-order valence-electron chi connectivity index (χ3n) is 2.38. The van der Waals surface area contributed by atoms with Crippen LogP contribution in [0.5, 0.6) is 0 Å². The van der Waals surface area contributed by atoms with Crippen molar-refractivity contribution in [3.8, 4) is 0 Å². The standard InChI is InChI=1S/C9H17NO3S3.K/c11-16(12,13)8-4-7-15-9(14)10-5-2-1-3-6-10;/h1-8H2,(H,11,12,13);/q;+1/p-1. The van der Waals surface area contributed by atoms with Crippen molar-refractivity contribution < 1.29 is 64.4 Å². The van der Waals surface area contributed by atoms with Gasteiger partial charge in [0.1, 0.15) is 4.32 Å². The van der Waals surface area contributed by atoms with Crippen LogP contribution in [0.2, 0.25) is 0 Å². The van der Waals surface area contributed by atoms with Crippen molar-refractivity contribution in [2.24, 2.45) is 0 Å². The van der Waals surface area contributed by atoms with Gasteiger partial charge in [-0.2, -0.15) is 0 Å². The van der Waals surface area contributed by atoms with Crippen molar-refractivity contribution >= 4 is 38.4 Å². The van der Waals surface area contributed by atoms with E-state index in [-0.39, 0.29) is 57.1 Å². The zero-order valence-electron chi connectivity index (χ0n) is 10.1. The molecule has 0 aromatic heterocycles. The average molecular weight is 322 g/mol. The van der Waals surface area contributed by atoms with E-state index < -0.39 is 10.1 Å². The molecule has 0 saturated carbocycles. The van der Waals surface area contributed by atoms with E-state index in [2.05, 4.69) is 4.90 Å². The molecule has 0 bridgehead atoms. The van der Waals surface area contributed by atoms with Gasteiger partial charge >= 0.3 is 51.4 Å². The fraction of sp³-hybridized carbons (Fsp3) is 0.889. The molecule has 17 heavy (non-hydrogen) atoms. The summed E-state index contributed by atoms with van der Waals surface area (Å²) in [6.45, 7) is 2.01. The third kappa shape index (κ3) is 9.34. The molecule has 0 aromatic rings. The van der Waals surface area contributed by atoms with Gasteiger partial charge < -0.3 is 9.45 Å². The Morgan fingerprint density at radius 3 is 2.41 bits per heavy atom. The molecule has 1 saturated heterocycles. The first-order valence-corrected chi connectivity index (χ1v) is 8.31. The second-order valence-electron chi connectivity index (χ2n) is 3.78. The minimum absolute atomic E-state index is 0. The Bertz CT molecular complexity index is 328. The predicted molar refractivity (Wildman–Crippen MR) is 69.7 cm³/mol. The Hall–Kier alpha value is 1.79. The second kappa shape index (κ2) is 9.65. The van der Waals surface area contributed by atoms with E-state index in [1.165, 1.54) is 31.0 Å². The molecular formula is C9H16KNO3S3. The molecular weight excluding hydrogens is 305 g/mol. The Morgan fingerprint density at radius 1 is 1.29 bits per heavy atom. The Morgan fingerprint density at radius 2 is 1.88 bits per heavy atom. The maximum atomic E-state index is 10.4. The average Bonchev–Trinajstić information content (AvgIpc) is 2.24. The molecule has 8 heteroatoms. The van der Waals surface area contributed by atoms with Crippen LogP contribution in [-0.2, 0) is 10.1 Å². The summed E-state index contributed by atoms with van der Waals surface area (Å²) in [4.78, 5) is 2.16. The van der Waals surface area contributed by atoms with E-state index in [9.17, 15) is 13.0 Å². The smallest absolute Gasteiger partial charge is 0.748 e. The predicted octanol–water partition coefficient (Wildman–Crippen LogP) is -1.57. The molecule has 1 aliphatic rings. The van der Waals surface area contributed by atoms with Crippen molar-refractivity contribution in [2.45, 2.75) is 25.7 Å². The maximum Gasteiger partial charge on any atom is 1.00 e. The van der Waals surface area contributed by atoms with Gasteiger partial charge in [-0.3, -0.25) is 0 Å². The summed E-state index contributed by atoms with van der Waals surface area (Å²) in [7, 11) is -4.07. The summed E-state index contributed by atoms with van der Waals surface area (Å²) in [6, 6.07) is 0. The fourth-order valence-electron chi connectivity index (χ4n) is 1.56. The molecule has 0 amide bonds. The third-order valence-corrected chi connectivity index (χ3v) is 4.78. The zero-order valence-corrected chi connectivity index (χ0v) is 15.6. The van der Waals surface area contributed by atoms with Gasteiger partial charge in [0, 0.05) is 24.6 Å². The van der Waals surface area contributed by atoms with Crippen LogP contribution in [0.3, 0.4) is 0 Å². The first-order chi connectivity index (χ1) is 7.49. The number of hydrogen-bond donors (Lipinski definition) is 0. The van der Waals surface area contributed by atoms with Gasteiger partial charge in [0.2, 0.25) is 0 Å². The minimum atomic E-state index is -4.07. The fourth-order valence-corrected chi connectivity index (χ4v) is 3.50. The minimum Gasteiger partial charge on any atom is -0.748 e. The zero-order chi connectivity index (χ0) is 12.0. The van der Waals surface area contributed by atoms with Gasteiger partial charge in [-0.05, 0) is 25.7 Å². The molecule has 94 valence electrons. The molecule has 0 radical (unpaired) electrons. The SMILES string of the molecule is O=S(=O)([O-])CCCSC(=S)N1CCCCC1.[K+]. The van der Waals surface area contributed by atoms with Crippen LogP contribution < -0.4 is 51.4 Å². The molecule has 0 aliphatic carbocycles. The largest absolute Gasteiger partial charge is 1.00 e. The van der Waals surface area contributed by atoms with Crippen LogP contribution in [0, 0.1) is 0 Å². The van der Waals surface area contributed by atoms with Gasteiger partial charge in [-0.1, -0.05) is 24.0 Å². The quantitative estimate of drug-likeness (QED) is 0.270. The molecule has 0 unspecified atom stereocenters. The van der Waals surface area contributed by atoms with Crippen molar-refractivity contribution in [3.05, 3.63) is 0 Å². The molecule has 0 N–H and O–H groups in total. The van der Waals surface area contributed by atoms with Crippen LogP contribution in [0.25, 0.3) is 0 Å². The van der Waals surface area contributed by atoms with E-state index in [0.29, 0.717) is 12.2 Å². The Labute approximate surface area is 155 Å². The van der Waals surface area contributed by atoms with E-state index in [4.69, 9.17) is 12.2 Å². The first kappa shape index (κ1) is 18.8. The number of thiocarbonyl (C=S) groups is 1. The van der Waals surface area contributed by atoms with E-state index in [1.807, 2.05) is 0 Å². The van der Waals surface area contributed by atoms with Crippen LogP contribution in [0.1, 0.15) is 25.7 Å². The number of likely N-dealkylation sites (tertiary alicyclic amines) is 1. The summed E-state index contributed by atoms with van der Waals surface area (Å²) < 4.78 is 31.9. The van der Waals surface area contributed by atoms with Crippen LogP contribution in [-0.4, -0.2) is 46.8 Å². The number of rotatable bonds is 4. The monoisotopic (exact) mass is 321 g/mol. The van der Waals surface area contributed by atoms with Gasteiger partial charge in [-0.25, -0.2) is 8.42 Å². The van der Waals surface area contributed by atoms with E-state index in [0.717, 1.165) is 17.4 Å². The normalized spacial score (nSPS) is 16.4. The molecule has 1 rings (SSSR count). The van der Waals surface area contributed by atoms with Crippen LogP contribution in [0.15, 0.2) is 0 Å². The molecule has 4 nitrogen and oxygen atoms in total. The van der Waals surface area contributed by atoms with E-state index >= 15 is 0 Å². The van der Waals surface area contributed by atoms with Gasteiger partial charge in [0.25, 0.3) is 0 Å². The van der Waals surface area contributed by atoms with Crippen molar-refractivity contribution in [1.82, 2.24) is 4.90 Å². The molecule has 0 spiro atoms. The van der Waals surface area contributed by atoms with Gasteiger partial charge in [0.15, 0.2) is 0 Å². The van der Waals surface area contributed by atoms with Crippen molar-refractivity contribution in [3.63, 3.8) is 0 Å². The van der Waals surface area contributed by atoms with E-state index in [1.54, 1.807) is 0 Å². The maximum absolute atomic E-state index is 10.4. The van der Waals surface area contributed by atoms with Crippen molar-refractivity contribution in [2.75, 3.05) is 24.6 Å². The molecule has 1 aliphatic heterocycles. The first-order valence-electron chi connectivity index (χ1n) is 5.34. The summed E-state index contributed by atoms with van der Waals surface area (Å²) in [5.41, 5.74) is 0. The summed E-state index contributed by atoms with van der Waals surface area (Å²) in [5, 5.41) is 0. The molecule has 1 fully saturated rings. The molecule has 0 atom stereocenters. The molecule has 0 aromatic carbocycles. The van der Waals surface area contributed by atoms with Gasteiger partial charge in [-0.15, -0.1) is 0 Å². The summed E-state index contributed by atoms with van der Waals surface area (Å²) in [6.07, 6.45) is 3.99. The molecule has 1 heterocycles. The number of hydrogen-bond acceptors (Lipinski definition) is 5. The number of piperidine rings is 1. The Balaban J connectivity index is 0.00000256. The van der Waals surface area contributed by atoms with Crippen LogP contribution in [0.4, 0.5) is 0 Å². The van der Waals surface area contributed by atoms with Crippen LogP contribution >= 0.6 is 24.0 Å². The summed E-state index contributed by atoms with van der Waals surface area (Å²) in [5.74, 6) is 0.319. The number of nitrogens with zero attached hydrogens (tertiary/aromatic N) is 1. The Kier molecular flexibility index (Phi) is 10.7. The van der Waals surface area contributed by atoms with Gasteiger partial charge in [0.05, 0.1) is 10.1 Å². The number of thioether (sulfide) groups is 1. The second-order valence-corrected chi connectivity index (χ2v) is 7.03.